The number of hydrogen-bond donors (Lipinski definition) is 1. The highest BCUT2D eigenvalue weighted by atomic mass is 35.5. The Bertz CT molecular complexity index is 2670. The number of isothiocyanates is 1. The molecule has 0 atom stereocenters. The van der Waals surface area contributed by atoms with Crippen LogP contribution in [-0.4, -0.2) is 76.5 Å². The van der Waals surface area contributed by atoms with Crippen molar-refractivity contribution < 1.29 is 27.7 Å². The molecule has 1 aliphatic heterocycles. The first-order chi connectivity index (χ1) is 31.0. The summed E-state index contributed by atoms with van der Waals surface area (Å²) in [7, 11) is 5.14. The minimum absolute atomic E-state index is 0.00704. The third-order valence-electron chi connectivity index (χ3n) is 9.91. The zero-order valence-corrected chi connectivity index (χ0v) is 40.7. The standard InChI is InChI=1S/C24H24ClFN4O2S.C16H22N3O.C8H2ClFN2S/c1-24(2)22(32)29(18-14-13-17(27-3)20(25)21(18)26)23(33)30(24)16-11-9-15(10-12-16)7-6-8-19(31)28(4)5;1-16(2,17-3)18-14-11-9-13(10-12-14)7-6-8-15(20)19(4)5;1-11-5-2-3-6(12-4-13)8(10)7(5)9/h9-14H,6-8H2,1-2,4-5H3;9-12,18H,4,6-8H2,1-2,5H3;2-3H/q;+1;. The van der Waals surface area contributed by atoms with Crippen molar-refractivity contribution in [3.05, 3.63) is 140 Å². The number of benzene rings is 4. The second-order valence-electron chi connectivity index (χ2n) is 16.0. The van der Waals surface area contributed by atoms with Crippen LogP contribution in [0.15, 0.2) is 77.8 Å². The van der Waals surface area contributed by atoms with E-state index < -0.39 is 28.7 Å². The molecule has 1 heterocycles. The SMILES string of the molecule is [C-]#[N+]C(C)(C)Nc1ccc(CCCC(=O)[N+](=C)C)cc1.[C-]#[N+]c1ccc(N2C(=O)C(C)(C)N(c3ccc(CCCC(=O)N(C)C)cc3)C2=S)c(F)c1Cl.[C-]#[N+]c1ccc(N=C=S)c(F)c1Cl. The summed E-state index contributed by atoms with van der Waals surface area (Å²) in [4.78, 5) is 54.0. The molecule has 1 aliphatic rings. The van der Waals surface area contributed by atoms with Gasteiger partial charge in [0.1, 0.15) is 25.0 Å². The number of rotatable bonds is 13. The number of hydrogen-bond acceptors (Lipinski definition) is 7. The Kier molecular flexibility index (Phi) is 19.8. The molecule has 0 spiro atoms. The van der Waals surface area contributed by atoms with Gasteiger partial charge in [0.25, 0.3) is 11.6 Å². The van der Waals surface area contributed by atoms with Crippen molar-refractivity contribution in [1.82, 2.24) is 4.90 Å². The van der Waals surface area contributed by atoms with Crippen molar-refractivity contribution in [3.63, 3.8) is 0 Å². The van der Waals surface area contributed by atoms with Crippen molar-refractivity contribution >= 4 is 116 Å². The summed E-state index contributed by atoms with van der Waals surface area (Å²) < 4.78 is 29.5. The van der Waals surface area contributed by atoms with Crippen LogP contribution in [0, 0.1) is 31.4 Å². The summed E-state index contributed by atoms with van der Waals surface area (Å²) in [6.45, 7) is 31.5. The molecular weight excluding hydrogens is 924 g/mol. The molecule has 0 radical (unpaired) electrons. The van der Waals surface area contributed by atoms with Crippen LogP contribution < -0.4 is 15.1 Å². The number of thiocarbonyl (C=S) groups is 2. The maximum absolute atomic E-state index is 14.9. The monoisotopic (exact) mass is 970 g/mol. The zero-order chi connectivity index (χ0) is 49.5. The summed E-state index contributed by atoms with van der Waals surface area (Å²) >= 11 is 21.4. The summed E-state index contributed by atoms with van der Waals surface area (Å²) in [5.41, 5.74) is 2.16. The molecule has 3 amide bonds. The number of carbonyl (C=O) groups is 3. The average Bonchev–Trinajstić information content (AvgIpc) is 3.46. The molecular formula is C48H48Cl2F2N9O3S2+. The molecule has 12 nitrogen and oxygen atoms in total. The fourth-order valence-corrected chi connectivity index (χ4v) is 7.25. The van der Waals surface area contributed by atoms with Gasteiger partial charge in [-0.15, -0.1) is 0 Å². The molecule has 4 aromatic carbocycles. The van der Waals surface area contributed by atoms with Gasteiger partial charge >= 0.3 is 5.91 Å². The smallest absolute Gasteiger partial charge is 0.349 e. The van der Waals surface area contributed by atoms with Gasteiger partial charge < -0.3 is 15.1 Å². The summed E-state index contributed by atoms with van der Waals surface area (Å²) in [5, 5.41) is 4.73. The number of aryl methyl sites for hydroxylation is 2. The van der Waals surface area contributed by atoms with Crippen LogP contribution >= 0.6 is 47.6 Å². The van der Waals surface area contributed by atoms with E-state index >= 15 is 0 Å². The van der Waals surface area contributed by atoms with E-state index in [-0.39, 0.29) is 49.7 Å². The van der Waals surface area contributed by atoms with Crippen molar-refractivity contribution in [2.24, 2.45) is 4.99 Å². The second-order valence-corrected chi connectivity index (χ2v) is 17.3. The number of carbonyl (C=O) groups excluding carboxylic acids is 3. The molecule has 1 saturated heterocycles. The Hall–Kier alpha value is -6.44. The fourth-order valence-electron chi connectivity index (χ4n) is 6.23. The summed E-state index contributed by atoms with van der Waals surface area (Å²) in [6.07, 6.45) is 4.16. The first-order valence-corrected chi connectivity index (χ1v) is 21.7. The summed E-state index contributed by atoms with van der Waals surface area (Å²) in [5.74, 6) is -1.86. The van der Waals surface area contributed by atoms with Gasteiger partial charge in [-0.3, -0.25) is 19.3 Å². The van der Waals surface area contributed by atoms with Gasteiger partial charge in [-0.1, -0.05) is 59.6 Å². The lowest BCUT2D eigenvalue weighted by atomic mass is 10.0. The zero-order valence-electron chi connectivity index (χ0n) is 37.5. The lowest BCUT2D eigenvalue weighted by molar-refractivity contribution is -0.410. The maximum Gasteiger partial charge on any atom is 0.386 e. The molecule has 66 heavy (non-hydrogen) atoms. The van der Waals surface area contributed by atoms with E-state index in [0.717, 1.165) is 41.8 Å². The quantitative estimate of drug-likeness (QED) is 0.0616. The number of nitrogens with zero attached hydrogens (tertiary/aromatic N) is 8. The van der Waals surface area contributed by atoms with Crippen LogP contribution in [0.25, 0.3) is 14.5 Å². The molecule has 0 aromatic heterocycles. The van der Waals surface area contributed by atoms with E-state index in [1.54, 1.807) is 44.8 Å². The van der Waals surface area contributed by atoms with E-state index in [1.807, 2.05) is 67.5 Å². The molecule has 0 saturated carbocycles. The van der Waals surface area contributed by atoms with Crippen molar-refractivity contribution in [2.75, 3.05) is 36.3 Å². The molecule has 0 aliphatic carbocycles. The normalized spacial score (nSPS) is 12.5. The Morgan fingerprint density at radius 3 is 1.91 bits per heavy atom. The highest BCUT2D eigenvalue weighted by molar-refractivity contribution is 7.81. The van der Waals surface area contributed by atoms with Crippen LogP contribution in [0.4, 0.5) is 42.9 Å². The van der Waals surface area contributed by atoms with Gasteiger partial charge in [0.15, 0.2) is 16.7 Å². The number of anilines is 3. The van der Waals surface area contributed by atoms with Crippen LogP contribution in [0.1, 0.15) is 64.5 Å². The Labute approximate surface area is 405 Å². The number of halogens is 4. The Balaban J connectivity index is 0.000000296. The second kappa shape index (κ2) is 24.2. The van der Waals surface area contributed by atoms with Crippen LogP contribution in [-0.2, 0) is 27.2 Å². The lowest BCUT2D eigenvalue weighted by Crippen LogP contribution is -2.44. The van der Waals surface area contributed by atoms with Crippen LogP contribution in [0.3, 0.4) is 0 Å². The minimum Gasteiger partial charge on any atom is -0.349 e. The van der Waals surface area contributed by atoms with E-state index in [4.69, 9.17) is 55.1 Å². The molecule has 0 bridgehead atoms. The third kappa shape index (κ3) is 14.0. The lowest BCUT2D eigenvalue weighted by Gasteiger charge is -2.29. The third-order valence-corrected chi connectivity index (χ3v) is 11.1. The van der Waals surface area contributed by atoms with Crippen molar-refractivity contribution in [3.8, 4) is 0 Å². The first-order valence-electron chi connectivity index (χ1n) is 20.1. The fraction of sp³-hybridized carbons (Fsp3) is 0.312. The van der Waals surface area contributed by atoms with Crippen molar-refractivity contribution in [2.45, 2.75) is 77.4 Å². The minimum atomic E-state index is -1.06. The molecule has 5 rings (SSSR count). The number of amides is 3. The van der Waals surface area contributed by atoms with E-state index in [0.29, 0.717) is 18.5 Å². The molecule has 1 fully saturated rings. The summed E-state index contributed by atoms with van der Waals surface area (Å²) in [6, 6.07) is 21.0. The molecule has 342 valence electrons. The van der Waals surface area contributed by atoms with Crippen LogP contribution in [0.2, 0.25) is 10.0 Å². The number of nitrogens with one attached hydrogen (secondary N) is 1. The van der Waals surface area contributed by atoms with Crippen molar-refractivity contribution in [1.29, 1.82) is 0 Å². The predicted molar refractivity (Wildman–Crippen MR) is 267 cm³/mol. The van der Waals surface area contributed by atoms with E-state index in [1.165, 1.54) is 34.4 Å². The largest absolute Gasteiger partial charge is 0.386 e. The van der Waals surface area contributed by atoms with Gasteiger partial charge in [0, 0.05) is 45.7 Å². The molecule has 18 heteroatoms. The highest BCUT2D eigenvalue weighted by Gasteiger charge is 2.51. The highest BCUT2D eigenvalue weighted by Crippen LogP contribution is 2.41. The predicted octanol–water partition coefficient (Wildman–Crippen LogP) is 12.1. The van der Waals surface area contributed by atoms with E-state index in [2.05, 4.69) is 43.8 Å². The average molecular weight is 972 g/mol. The van der Waals surface area contributed by atoms with Gasteiger partial charge in [0.05, 0.1) is 40.5 Å². The maximum atomic E-state index is 14.9. The van der Waals surface area contributed by atoms with Gasteiger partial charge in [0.2, 0.25) is 17.3 Å². The van der Waals surface area contributed by atoms with Gasteiger partial charge in [-0.25, -0.2) is 29.8 Å². The number of aliphatic imine (C=N–C) groups is 1. The molecule has 4 aromatic rings. The van der Waals surface area contributed by atoms with Gasteiger partial charge in [-0.05, 0) is 111 Å². The van der Waals surface area contributed by atoms with Crippen LogP contribution in [0.5, 0.6) is 0 Å². The van der Waals surface area contributed by atoms with E-state index in [9.17, 15) is 23.2 Å². The Morgan fingerprint density at radius 2 is 1.41 bits per heavy atom. The first kappa shape index (κ1) is 53.9. The molecule has 1 N–H and O–H groups in total. The van der Waals surface area contributed by atoms with Gasteiger partial charge in [-0.2, -0.15) is 9.57 Å². The Morgan fingerprint density at radius 1 is 0.894 bits per heavy atom. The molecule has 0 unspecified atom stereocenters. The topological polar surface area (TPSA) is 101 Å².